The molecule has 0 radical (unpaired) electrons. The van der Waals surface area contributed by atoms with Crippen LogP contribution < -0.4 is 5.32 Å². The van der Waals surface area contributed by atoms with Crippen LogP contribution in [0.25, 0.3) is 5.82 Å². The molecule has 1 unspecified atom stereocenters. The molecule has 10 heteroatoms. The summed E-state index contributed by atoms with van der Waals surface area (Å²) in [4.78, 5) is 43.3. The van der Waals surface area contributed by atoms with Gasteiger partial charge in [0.05, 0.1) is 26.9 Å². The maximum atomic E-state index is 12.9. The fraction of sp³-hybridized carbons (Fsp3) is 0.150. The molecule has 4 rings (SSSR count). The van der Waals surface area contributed by atoms with Crippen molar-refractivity contribution in [3.8, 4) is 5.82 Å². The molecule has 0 saturated carbocycles. The zero-order valence-corrected chi connectivity index (χ0v) is 17.4. The third kappa shape index (κ3) is 3.34. The second kappa shape index (κ2) is 7.55. The van der Waals surface area contributed by atoms with Crippen molar-refractivity contribution in [2.45, 2.75) is 19.9 Å². The van der Waals surface area contributed by atoms with Gasteiger partial charge in [0.25, 0.3) is 11.8 Å². The summed E-state index contributed by atoms with van der Waals surface area (Å²) in [5, 5.41) is 7.61. The Bertz CT molecular complexity index is 1170. The first-order valence-corrected chi connectivity index (χ1v) is 9.69. The van der Waals surface area contributed by atoms with E-state index in [1.165, 1.54) is 23.9 Å². The number of aromatic nitrogens is 3. The lowest BCUT2D eigenvalue weighted by Gasteiger charge is -2.21. The molecule has 1 aromatic carbocycles. The van der Waals surface area contributed by atoms with Crippen LogP contribution >= 0.6 is 23.2 Å². The molecule has 3 aromatic rings. The number of halogens is 2. The van der Waals surface area contributed by atoms with Crippen molar-refractivity contribution >= 4 is 46.7 Å². The van der Waals surface area contributed by atoms with Gasteiger partial charge in [0, 0.05) is 12.3 Å². The third-order valence-electron chi connectivity index (χ3n) is 4.66. The molecule has 0 bridgehead atoms. The monoisotopic (exact) mass is 443 g/mol. The number of hydrogen-bond acceptors (Lipinski definition) is 5. The normalized spacial score (nSPS) is 14.1. The molecule has 0 fully saturated rings. The number of fused-ring (bicyclic) bond motifs is 1. The predicted octanol–water partition coefficient (Wildman–Crippen LogP) is 3.51. The average molecular weight is 444 g/mol. The first-order chi connectivity index (χ1) is 14.3. The minimum atomic E-state index is -1.05. The Kier molecular flexibility index (Phi) is 5.05. The molecule has 30 heavy (non-hydrogen) atoms. The van der Waals surface area contributed by atoms with Gasteiger partial charge < -0.3 is 5.32 Å². The highest BCUT2D eigenvalue weighted by atomic mass is 35.5. The number of amides is 3. The predicted molar refractivity (Wildman–Crippen MR) is 111 cm³/mol. The molecule has 1 aliphatic heterocycles. The minimum Gasteiger partial charge on any atom is -0.309 e. The quantitative estimate of drug-likeness (QED) is 0.622. The number of anilines is 1. The Hall–Kier alpha value is -3.23. The number of nitrogens with zero attached hydrogens (tertiary/aromatic N) is 4. The standard InChI is InChI=1S/C20H15Cl2N5O3/c1-10-7-16(27(25-10)17-15(22)8-12(21)9-23-17)24-18(28)11(2)26-19(29)13-5-3-4-6-14(13)20(26)30/h3-9,11H,1-2H3,(H,24,28). The van der Waals surface area contributed by atoms with Crippen LogP contribution in [0.2, 0.25) is 10.0 Å². The van der Waals surface area contributed by atoms with Gasteiger partial charge in [-0.1, -0.05) is 35.3 Å². The molecule has 8 nitrogen and oxygen atoms in total. The van der Waals surface area contributed by atoms with E-state index in [-0.39, 0.29) is 27.8 Å². The zero-order chi connectivity index (χ0) is 21.6. The molecule has 1 atom stereocenters. The van der Waals surface area contributed by atoms with Gasteiger partial charge in [-0.3, -0.25) is 19.3 Å². The second-order valence-corrected chi connectivity index (χ2v) is 7.58. The number of pyridine rings is 1. The van der Waals surface area contributed by atoms with Crippen LogP contribution in [0.5, 0.6) is 0 Å². The molecule has 0 saturated heterocycles. The van der Waals surface area contributed by atoms with Crippen molar-refractivity contribution in [1.82, 2.24) is 19.7 Å². The fourth-order valence-corrected chi connectivity index (χ4v) is 3.68. The molecular weight excluding hydrogens is 429 g/mol. The summed E-state index contributed by atoms with van der Waals surface area (Å²) in [6, 6.07) is 8.55. The van der Waals surface area contributed by atoms with Gasteiger partial charge in [-0.25, -0.2) is 4.98 Å². The number of imide groups is 1. The van der Waals surface area contributed by atoms with Crippen LogP contribution in [0.4, 0.5) is 5.82 Å². The lowest BCUT2D eigenvalue weighted by atomic mass is 10.1. The fourth-order valence-electron chi connectivity index (χ4n) is 3.22. The summed E-state index contributed by atoms with van der Waals surface area (Å²) in [7, 11) is 0. The van der Waals surface area contributed by atoms with E-state index >= 15 is 0 Å². The van der Waals surface area contributed by atoms with Crippen LogP contribution in [0.3, 0.4) is 0 Å². The highest BCUT2D eigenvalue weighted by Gasteiger charge is 2.40. The van der Waals surface area contributed by atoms with E-state index < -0.39 is 23.8 Å². The van der Waals surface area contributed by atoms with E-state index in [2.05, 4.69) is 15.4 Å². The summed E-state index contributed by atoms with van der Waals surface area (Å²) >= 11 is 12.1. The first-order valence-electron chi connectivity index (χ1n) is 8.94. The summed E-state index contributed by atoms with van der Waals surface area (Å²) in [6.45, 7) is 3.22. The Morgan fingerprint density at radius 3 is 2.33 bits per heavy atom. The molecule has 152 valence electrons. The average Bonchev–Trinajstić information content (AvgIpc) is 3.18. The molecular formula is C20H15Cl2N5O3. The summed E-state index contributed by atoms with van der Waals surface area (Å²) in [5.41, 5.74) is 1.16. The van der Waals surface area contributed by atoms with E-state index in [9.17, 15) is 14.4 Å². The molecule has 0 spiro atoms. The van der Waals surface area contributed by atoms with E-state index in [0.29, 0.717) is 10.7 Å². The lowest BCUT2D eigenvalue weighted by Crippen LogP contribution is -2.45. The maximum absolute atomic E-state index is 12.9. The van der Waals surface area contributed by atoms with Crippen LogP contribution in [-0.4, -0.2) is 43.4 Å². The van der Waals surface area contributed by atoms with Crippen molar-refractivity contribution in [3.63, 3.8) is 0 Å². The topological polar surface area (TPSA) is 97.2 Å². The Labute approximate surface area is 181 Å². The Balaban J connectivity index is 1.61. The van der Waals surface area contributed by atoms with Gasteiger partial charge in [-0.15, -0.1) is 0 Å². The van der Waals surface area contributed by atoms with Gasteiger partial charge in [-0.2, -0.15) is 9.78 Å². The van der Waals surface area contributed by atoms with Crippen molar-refractivity contribution in [3.05, 3.63) is 69.5 Å². The number of benzene rings is 1. The Morgan fingerprint density at radius 1 is 1.10 bits per heavy atom. The number of carbonyl (C=O) groups is 3. The smallest absolute Gasteiger partial charge is 0.262 e. The van der Waals surface area contributed by atoms with Crippen molar-refractivity contribution < 1.29 is 14.4 Å². The number of rotatable bonds is 4. The second-order valence-electron chi connectivity index (χ2n) is 6.73. The van der Waals surface area contributed by atoms with E-state index in [4.69, 9.17) is 23.2 Å². The number of carbonyl (C=O) groups excluding carboxylic acids is 3. The summed E-state index contributed by atoms with van der Waals surface area (Å²) < 4.78 is 1.36. The van der Waals surface area contributed by atoms with Crippen molar-refractivity contribution in [1.29, 1.82) is 0 Å². The zero-order valence-electron chi connectivity index (χ0n) is 15.9. The van der Waals surface area contributed by atoms with E-state index in [1.807, 2.05) is 0 Å². The maximum Gasteiger partial charge on any atom is 0.262 e. The SMILES string of the molecule is Cc1cc(NC(=O)C(C)N2C(=O)c3ccccc3C2=O)n(-c2ncc(Cl)cc2Cl)n1. The molecule has 3 amide bonds. The van der Waals surface area contributed by atoms with Crippen LogP contribution in [0, 0.1) is 6.92 Å². The highest BCUT2D eigenvalue weighted by molar-refractivity contribution is 6.35. The first kappa shape index (κ1) is 20.1. The number of aryl methyl sites for hydroxylation is 1. The largest absolute Gasteiger partial charge is 0.309 e. The van der Waals surface area contributed by atoms with Crippen LogP contribution in [-0.2, 0) is 4.79 Å². The summed E-state index contributed by atoms with van der Waals surface area (Å²) in [6.07, 6.45) is 1.41. The molecule has 1 aliphatic rings. The van der Waals surface area contributed by atoms with Crippen LogP contribution in [0.1, 0.15) is 33.3 Å². The van der Waals surface area contributed by atoms with Gasteiger partial charge in [-0.05, 0) is 32.0 Å². The summed E-state index contributed by atoms with van der Waals surface area (Å²) in [5.74, 6) is -1.01. The molecule has 0 aliphatic carbocycles. The van der Waals surface area contributed by atoms with Gasteiger partial charge in [0.15, 0.2) is 5.82 Å². The van der Waals surface area contributed by atoms with Gasteiger partial charge in [0.2, 0.25) is 5.91 Å². The minimum absolute atomic E-state index is 0.245. The highest BCUT2D eigenvalue weighted by Crippen LogP contribution is 2.27. The third-order valence-corrected chi connectivity index (χ3v) is 5.15. The van der Waals surface area contributed by atoms with E-state index in [0.717, 1.165) is 4.90 Å². The number of nitrogens with one attached hydrogen (secondary N) is 1. The lowest BCUT2D eigenvalue weighted by molar-refractivity contribution is -0.119. The van der Waals surface area contributed by atoms with Crippen molar-refractivity contribution in [2.24, 2.45) is 0 Å². The Morgan fingerprint density at radius 2 is 1.73 bits per heavy atom. The molecule has 3 heterocycles. The molecule has 1 N–H and O–H groups in total. The van der Waals surface area contributed by atoms with Gasteiger partial charge >= 0.3 is 0 Å². The van der Waals surface area contributed by atoms with Crippen LogP contribution in [0.15, 0.2) is 42.6 Å². The van der Waals surface area contributed by atoms with Crippen molar-refractivity contribution in [2.75, 3.05) is 5.32 Å². The number of hydrogen-bond donors (Lipinski definition) is 1. The molecule has 2 aromatic heterocycles. The van der Waals surface area contributed by atoms with Gasteiger partial charge in [0.1, 0.15) is 11.9 Å². The van der Waals surface area contributed by atoms with E-state index in [1.54, 1.807) is 37.3 Å².